The fourth-order valence-corrected chi connectivity index (χ4v) is 1.63. The Hall–Kier alpha value is 0.645. The lowest BCUT2D eigenvalue weighted by Crippen LogP contribution is -1.81. The Morgan fingerprint density at radius 3 is 1.27 bits per heavy atom. The smallest absolute Gasteiger partial charge is 0.0653 e. The van der Waals surface area contributed by atoms with Crippen molar-refractivity contribution in [3.63, 3.8) is 0 Å². The SMILES string of the molecule is Cl.Cl.[B]CCCCCCCCCCCC. The summed E-state index contributed by atoms with van der Waals surface area (Å²) in [5, 5.41) is 0. The molecule has 0 rings (SSSR count). The lowest BCUT2D eigenvalue weighted by Gasteiger charge is -2.00. The van der Waals surface area contributed by atoms with E-state index in [-0.39, 0.29) is 24.8 Å². The third-order valence-corrected chi connectivity index (χ3v) is 2.56. The van der Waals surface area contributed by atoms with Crippen molar-refractivity contribution in [3.8, 4) is 0 Å². The van der Waals surface area contributed by atoms with E-state index in [2.05, 4.69) is 6.92 Å². The molecule has 0 nitrogen and oxygen atoms in total. The van der Waals surface area contributed by atoms with Gasteiger partial charge in [-0.15, -0.1) is 24.8 Å². The first kappa shape index (κ1) is 21.0. The van der Waals surface area contributed by atoms with Gasteiger partial charge in [0.2, 0.25) is 0 Å². The minimum atomic E-state index is 0. The van der Waals surface area contributed by atoms with Crippen molar-refractivity contribution in [1.82, 2.24) is 0 Å². The van der Waals surface area contributed by atoms with Gasteiger partial charge in [0.05, 0.1) is 7.85 Å². The van der Waals surface area contributed by atoms with Crippen molar-refractivity contribution >= 4 is 32.7 Å². The average Bonchev–Trinajstić information content (AvgIpc) is 2.16. The van der Waals surface area contributed by atoms with Gasteiger partial charge in [0.15, 0.2) is 0 Å². The molecule has 2 radical (unpaired) electrons. The summed E-state index contributed by atoms with van der Waals surface area (Å²) in [6.45, 7) is 2.27. The Morgan fingerprint density at radius 1 is 0.600 bits per heavy atom. The molecule has 0 heterocycles. The summed E-state index contributed by atoms with van der Waals surface area (Å²) in [5.74, 6) is 0. The largest absolute Gasteiger partial charge is 0.147 e. The Morgan fingerprint density at radius 2 is 0.933 bits per heavy atom. The molecule has 0 atom stereocenters. The molecule has 15 heavy (non-hydrogen) atoms. The first-order valence-electron chi connectivity index (χ1n) is 6.12. The van der Waals surface area contributed by atoms with Gasteiger partial charge in [0.1, 0.15) is 0 Å². The molecule has 0 aromatic heterocycles. The molecule has 0 N–H and O–H groups in total. The topological polar surface area (TPSA) is 0 Å². The van der Waals surface area contributed by atoms with Crippen molar-refractivity contribution < 1.29 is 0 Å². The van der Waals surface area contributed by atoms with E-state index in [4.69, 9.17) is 7.85 Å². The first-order chi connectivity index (χ1) is 6.41. The van der Waals surface area contributed by atoms with E-state index < -0.39 is 0 Å². The molecule has 0 saturated heterocycles. The minimum absolute atomic E-state index is 0. The van der Waals surface area contributed by atoms with Gasteiger partial charge in [-0.25, -0.2) is 0 Å². The van der Waals surface area contributed by atoms with Crippen LogP contribution in [0.1, 0.15) is 71.1 Å². The lowest BCUT2D eigenvalue weighted by atomic mass is 9.98. The molecule has 0 aromatic carbocycles. The summed E-state index contributed by atoms with van der Waals surface area (Å²) >= 11 is 0. The van der Waals surface area contributed by atoms with Crippen molar-refractivity contribution in [2.24, 2.45) is 0 Å². The van der Waals surface area contributed by atoms with Crippen LogP contribution in [0.2, 0.25) is 6.32 Å². The van der Waals surface area contributed by atoms with Gasteiger partial charge in [0.25, 0.3) is 0 Å². The summed E-state index contributed by atoms with van der Waals surface area (Å²) in [4.78, 5) is 0. The van der Waals surface area contributed by atoms with Crippen LogP contribution in [0.4, 0.5) is 0 Å². The Balaban J connectivity index is -0.000000720. The Kier molecular flexibility index (Phi) is 28.1. The highest BCUT2D eigenvalue weighted by atomic mass is 35.5. The lowest BCUT2D eigenvalue weighted by molar-refractivity contribution is 0.562. The molecule has 0 fully saturated rings. The second kappa shape index (κ2) is 20.1. The molecule has 0 aliphatic rings. The van der Waals surface area contributed by atoms with Crippen LogP contribution in [0.25, 0.3) is 0 Å². The molecule has 0 saturated carbocycles. The van der Waals surface area contributed by atoms with Gasteiger partial charge >= 0.3 is 0 Å². The second-order valence-corrected chi connectivity index (χ2v) is 3.97. The number of unbranched alkanes of at least 4 members (excludes halogenated alkanes) is 9. The summed E-state index contributed by atoms with van der Waals surface area (Å²) in [5.41, 5.74) is 0. The van der Waals surface area contributed by atoms with Gasteiger partial charge in [-0.05, 0) is 0 Å². The highest BCUT2D eigenvalue weighted by Crippen LogP contribution is 2.10. The second-order valence-electron chi connectivity index (χ2n) is 3.97. The van der Waals surface area contributed by atoms with E-state index in [1.807, 2.05) is 0 Å². The van der Waals surface area contributed by atoms with E-state index in [0.717, 1.165) is 6.32 Å². The van der Waals surface area contributed by atoms with E-state index in [1.54, 1.807) is 0 Å². The van der Waals surface area contributed by atoms with Crippen molar-refractivity contribution in [1.29, 1.82) is 0 Å². The van der Waals surface area contributed by atoms with Crippen LogP contribution >= 0.6 is 24.8 Å². The zero-order chi connectivity index (χ0) is 9.78. The zero-order valence-electron chi connectivity index (χ0n) is 10.2. The third kappa shape index (κ3) is 20.7. The quantitative estimate of drug-likeness (QED) is 0.364. The van der Waals surface area contributed by atoms with Crippen molar-refractivity contribution in [3.05, 3.63) is 0 Å². The van der Waals surface area contributed by atoms with Gasteiger partial charge < -0.3 is 0 Å². The predicted octanol–water partition coefficient (Wildman–Crippen LogP) is 5.34. The van der Waals surface area contributed by atoms with Crippen LogP contribution in [-0.2, 0) is 0 Å². The maximum absolute atomic E-state index is 5.42. The highest BCUT2D eigenvalue weighted by molar-refractivity contribution is 6.08. The van der Waals surface area contributed by atoms with Crippen LogP contribution in [0.3, 0.4) is 0 Å². The van der Waals surface area contributed by atoms with Crippen molar-refractivity contribution in [2.45, 2.75) is 77.5 Å². The fraction of sp³-hybridized carbons (Fsp3) is 1.00. The summed E-state index contributed by atoms with van der Waals surface area (Å²) in [6, 6.07) is 0. The first-order valence-corrected chi connectivity index (χ1v) is 6.12. The molecule has 0 aliphatic carbocycles. The number of rotatable bonds is 10. The van der Waals surface area contributed by atoms with E-state index in [1.165, 1.54) is 64.2 Å². The number of hydrogen-bond donors (Lipinski definition) is 0. The third-order valence-electron chi connectivity index (χ3n) is 2.56. The summed E-state index contributed by atoms with van der Waals surface area (Å²) in [6.07, 6.45) is 14.8. The Bertz CT molecular complexity index is 79.7. The standard InChI is InChI=1S/C12H25B.2ClH/c1-2-3-4-5-6-7-8-9-10-11-12-13;;/h2-12H2,1H3;2*1H. The molecule has 0 aliphatic heterocycles. The highest BCUT2D eigenvalue weighted by Gasteiger charge is 1.90. The number of halogens is 2. The minimum Gasteiger partial charge on any atom is -0.147 e. The van der Waals surface area contributed by atoms with Crippen LogP contribution in [-0.4, -0.2) is 7.85 Å². The Labute approximate surface area is 110 Å². The molecular formula is C12H27BCl2. The molecular weight excluding hydrogens is 226 g/mol. The monoisotopic (exact) mass is 252 g/mol. The van der Waals surface area contributed by atoms with Crippen molar-refractivity contribution in [2.75, 3.05) is 0 Å². The molecule has 3 heteroatoms. The van der Waals surface area contributed by atoms with E-state index in [0.29, 0.717) is 0 Å². The van der Waals surface area contributed by atoms with Crippen LogP contribution < -0.4 is 0 Å². The van der Waals surface area contributed by atoms with Gasteiger partial charge in [-0.1, -0.05) is 77.5 Å². The van der Waals surface area contributed by atoms with Crippen LogP contribution in [0.15, 0.2) is 0 Å². The fourth-order valence-electron chi connectivity index (χ4n) is 1.63. The maximum atomic E-state index is 5.42. The van der Waals surface area contributed by atoms with Crippen LogP contribution in [0.5, 0.6) is 0 Å². The average molecular weight is 253 g/mol. The van der Waals surface area contributed by atoms with E-state index >= 15 is 0 Å². The molecule has 0 spiro atoms. The van der Waals surface area contributed by atoms with Gasteiger partial charge in [-0.3, -0.25) is 0 Å². The normalized spacial score (nSPS) is 9.13. The van der Waals surface area contributed by atoms with Gasteiger partial charge in [0, 0.05) is 0 Å². The summed E-state index contributed by atoms with van der Waals surface area (Å²) in [7, 11) is 5.42. The maximum Gasteiger partial charge on any atom is 0.0653 e. The molecule has 92 valence electrons. The molecule has 0 amide bonds. The van der Waals surface area contributed by atoms with Gasteiger partial charge in [-0.2, -0.15) is 0 Å². The molecule has 0 bridgehead atoms. The molecule has 0 unspecified atom stereocenters. The summed E-state index contributed by atoms with van der Waals surface area (Å²) < 4.78 is 0. The van der Waals surface area contributed by atoms with Crippen LogP contribution in [0, 0.1) is 0 Å². The zero-order valence-corrected chi connectivity index (χ0v) is 11.8. The van der Waals surface area contributed by atoms with E-state index in [9.17, 15) is 0 Å². The molecule has 0 aromatic rings. The predicted molar refractivity (Wildman–Crippen MR) is 76.9 cm³/mol. The number of hydrogen-bond acceptors (Lipinski definition) is 0.